The molecule has 0 aliphatic heterocycles. The zero-order chi connectivity index (χ0) is 16.1. The molecule has 0 aliphatic rings. The van der Waals surface area contributed by atoms with Crippen molar-refractivity contribution in [1.82, 2.24) is 4.90 Å². The summed E-state index contributed by atoms with van der Waals surface area (Å²) in [5.41, 5.74) is 1.57. The zero-order valence-corrected chi connectivity index (χ0v) is 13.8. The molecular formula is C16H16Cl2N2O2. The minimum absolute atomic E-state index is 0.235. The number of nitrogens with one attached hydrogen (secondary N) is 1. The van der Waals surface area contributed by atoms with E-state index in [0.29, 0.717) is 22.3 Å². The van der Waals surface area contributed by atoms with Gasteiger partial charge in [-0.05, 0) is 35.9 Å². The summed E-state index contributed by atoms with van der Waals surface area (Å²) in [5.74, 6) is 0.760. The monoisotopic (exact) mass is 338 g/mol. The number of rotatable bonds is 4. The Bertz CT molecular complexity index is 677. The molecule has 0 fully saturated rings. The molecular weight excluding hydrogens is 323 g/mol. The second-order valence-corrected chi connectivity index (χ2v) is 5.58. The average Bonchev–Trinajstić information content (AvgIpc) is 2.51. The molecule has 2 amide bonds. The maximum absolute atomic E-state index is 12.2. The summed E-state index contributed by atoms with van der Waals surface area (Å²) in [5, 5.41) is 3.62. The van der Waals surface area contributed by atoms with Crippen molar-refractivity contribution in [3.8, 4) is 5.75 Å². The van der Waals surface area contributed by atoms with Crippen LogP contribution in [0.15, 0.2) is 42.5 Å². The van der Waals surface area contributed by atoms with E-state index in [-0.39, 0.29) is 6.03 Å². The van der Waals surface area contributed by atoms with Gasteiger partial charge >= 0.3 is 6.03 Å². The molecule has 0 radical (unpaired) electrons. The van der Waals surface area contributed by atoms with Gasteiger partial charge in [0.25, 0.3) is 0 Å². The van der Waals surface area contributed by atoms with E-state index in [4.69, 9.17) is 27.9 Å². The number of nitrogens with zero attached hydrogens (tertiary/aromatic N) is 1. The number of benzene rings is 2. The summed E-state index contributed by atoms with van der Waals surface area (Å²) in [7, 11) is 3.33. The Morgan fingerprint density at radius 1 is 1.18 bits per heavy atom. The first kappa shape index (κ1) is 16.5. The summed E-state index contributed by atoms with van der Waals surface area (Å²) in [6.45, 7) is 0.463. The highest BCUT2D eigenvalue weighted by atomic mass is 35.5. The first-order valence-corrected chi connectivity index (χ1v) is 7.35. The molecule has 2 aromatic carbocycles. The van der Waals surface area contributed by atoms with Gasteiger partial charge in [0.15, 0.2) is 0 Å². The Hall–Kier alpha value is -1.91. The number of methoxy groups -OCH3 is 1. The number of halogens is 2. The molecule has 2 rings (SSSR count). The fraction of sp³-hybridized carbons (Fsp3) is 0.188. The number of carbonyl (C=O) groups is 1. The van der Waals surface area contributed by atoms with Crippen molar-refractivity contribution in [3.63, 3.8) is 0 Å². The Kier molecular flexibility index (Phi) is 5.52. The van der Waals surface area contributed by atoms with E-state index in [1.54, 1.807) is 37.3 Å². The van der Waals surface area contributed by atoms with Gasteiger partial charge in [-0.1, -0.05) is 35.3 Å². The fourth-order valence-corrected chi connectivity index (χ4v) is 2.21. The van der Waals surface area contributed by atoms with Gasteiger partial charge in [0.05, 0.1) is 17.2 Å². The van der Waals surface area contributed by atoms with Crippen molar-refractivity contribution in [2.75, 3.05) is 19.5 Å². The third kappa shape index (κ3) is 4.29. The first-order valence-electron chi connectivity index (χ1n) is 6.59. The van der Waals surface area contributed by atoms with Crippen molar-refractivity contribution >= 4 is 34.9 Å². The van der Waals surface area contributed by atoms with Crippen molar-refractivity contribution in [3.05, 3.63) is 58.1 Å². The number of hydrogen-bond donors (Lipinski definition) is 1. The van der Waals surface area contributed by atoms with Gasteiger partial charge in [-0.25, -0.2) is 4.79 Å². The lowest BCUT2D eigenvalue weighted by atomic mass is 10.2. The maximum Gasteiger partial charge on any atom is 0.321 e. The number of anilines is 1. The van der Waals surface area contributed by atoms with Gasteiger partial charge < -0.3 is 15.0 Å². The molecule has 0 unspecified atom stereocenters. The van der Waals surface area contributed by atoms with E-state index in [1.165, 1.54) is 0 Å². The van der Waals surface area contributed by atoms with Crippen molar-refractivity contribution < 1.29 is 9.53 Å². The van der Waals surface area contributed by atoms with Crippen LogP contribution in [-0.4, -0.2) is 25.1 Å². The lowest BCUT2D eigenvalue weighted by molar-refractivity contribution is 0.220. The van der Waals surface area contributed by atoms with Crippen LogP contribution in [0, 0.1) is 0 Å². The largest absolute Gasteiger partial charge is 0.497 e. The first-order chi connectivity index (χ1) is 10.5. The molecule has 2 aromatic rings. The van der Waals surface area contributed by atoms with E-state index in [0.717, 1.165) is 11.3 Å². The minimum Gasteiger partial charge on any atom is -0.497 e. The van der Waals surface area contributed by atoms with E-state index < -0.39 is 0 Å². The van der Waals surface area contributed by atoms with Gasteiger partial charge in [0.1, 0.15) is 5.75 Å². The lowest BCUT2D eigenvalue weighted by Gasteiger charge is -2.18. The van der Waals surface area contributed by atoms with Crippen LogP contribution < -0.4 is 10.1 Å². The molecule has 0 atom stereocenters. The van der Waals surface area contributed by atoms with Crippen molar-refractivity contribution in [2.45, 2.75) is 6.54 Å². The fourth-order valence-electron chi connectivity index (χ4n) is 1.91. The molecule has 116 valence electrons. The van der Waals surface area contributed by atoms with E-state index in [2.05, 4.69) is 5.32 Å². The third-order valence-electron chi connectivity index (χ3n) is 3.07. The second-order valence-electron chi connectivity index (χ2n) is 4.77. The summed E-state index contributed by atoms with van der Waals surface area (Å²) in [4.78, 5) is 13.7. The van der Waals surface area contributed by atoms with Crippen LogP contribution in [-0.2, 0) is 6.54 Å². The highest BCUT2D eigenvalue weighted by Gasteiger charge is 2.10. The van der Waals surface area contributed by atoms with Crippen LogP contribution in [0.2, 0.25) is 10.0 Å². The van der Waals surface area contributed by atoms with Gasteiger partial charge in [0, 0.05) is 19.3 Å². The van der Waals surface area contributed by atoms with E-state index in [9.17, 15) is 4.79 Å². The number of ether oxygens (including phenoxy) is 1. The highest BCUT2D eigenvalue weighted by Crippen LogP contribution is 2.25. The van der Waals surface area contributed by atoms with Crippen LogP contribution >= 0.6 is 23.2 Å². The van der Waals surface area contributed by atoms with Gasteiger partial charge in [-0.3, -0.25) is 0 Å². The lowest BCUT2D eigenvalue weighted by Crippen LogP contribution is -2.30. The molecule has 0 saturated carbocycles. The van der Waals surface area contributed by atoms with Crippen LogP contribution in [0.1, 0.15) is 5.56 Å². The van der Waals surface area contributed by atoms with Gasteiger partial charge in [-0.2, -0.15) is 0 Å². The normalized spacial score (nSPS) is 10.2. The number of amides is 2. The number of hydrogen-bond acceptors (Lipinski definition) is 2. The molecule has 0 aromatic heterocycles. The quantitative estimate of drug-likeness (QED) is 0.880. The molecule has 0 saturated heterocycles. The van der Waals surface area contributed by atoms with E-state index in [1.807, 2.05) is 24.3 Å². The van der Waals surface area contributed by atoms with E-state index >= 15 is 0 Å². The molecule has 0 bridgehead atoms. The predicted octanol–water partition coefficient (Wildman–Crippen LogP) is 4.67. The molecule has 1 N–H and O–H groups in total. The number of carbonyl (C=O) groups excluding carboxylic acids is 1. The Labute approximate surface area is 139 Å². The van der Waals surface area contributed by atoms with Gasteiger partial charge in [0.2, 0.25) is 0 Å². The average molecular weight is 339 g/mol. The standard InChI is InChI=1S/C16H16Cl2N2O2/c1-20(10-11-4-3-5-13(8-11)22-2)16(21)19-12-6-7-14(17)15(18)9-12/h3-9H,10H2,1-2H3,(H,19,21). The molecule has 0 heterocycles. The van der Waals surface area contributed by atoms with Crippen molar-refractivity contribution in [2.24, 2.45) is 0 Å². The maximum atomic E-state index is 12.2. The SMILES string of the molecule is COc1cccc(CN(C)C(=O)Nc2ccc(Cl)c(Cl)c2)c1. The summed E-state index contributed by atoms with van der Waals surface area (Å²) >= 11 is 11.8. The Morgan fingerprint density at radius 3 is 2.64 bits per heavy atom. The minimum atomic E-state index is -0.235. The zero-order valence-electron chi connectivity index (χ0n) is 12.3. The number of urea groups is 1. The summed E-state index contributed by atoms with van der Waals surface area (Å²) in [6.07, 6.45) is 0. The Morgan fingerprint density at radius 2 is 1.95 bits per heavy atom. The molecule has 4 nitrogen and oxygen atoms in total. The van der Waals surface area contributed by atoms with Crippen LogP contribution in [0.4, 0.5) is 10.5 Å². The van der Waals surface area contributed by atoms with Crippen LogP contribution in [0.25, 0.3) is 0 Å². The molecule has 0 spiro atoms. The van der Waals surface area contributed by atoms with Crippen LogP contribution in [0.5, 0.6) is 5.75 Å². The highest BCUT2D eigenvalue weighted by molar-refractivity contribution is 6.42. The molecule has 22 heavy (non-hydrogen) atoms. The topological polar surface area (TPSA) is 41.6 Å². The van der Waals surface area contributed by atoms with Gasteiger partial charge in [-0.15, -0.1) is 0 Å². The van der Waals surface area contributed by atoms with Crippen molar-refractivity contribution in [1.29, 1.82) is 0 Å². The van der Waals surface area contributed by atoms with Crippen LogP contribution in [0.3, 0.4) is 0 Å². The smallest absolute Gasteiger partial charge is 0.321 e. The third-order valence-corrected chi connectivity index (χ3v) is 3.81. The summed E-state index contributed by atoms with van der Waals surface area (Å²) < 4.78 is 5.17. The second kappa shape index (κ2) is 7.38. The molecule has 6 heteroatoms. The molecule has 0 aliphatic carbocycles. The summed E-state index contributed by atoms with van der Waals surface area (Å²) in [6, 6.07) is 12.3. The Balaban J connectivity index is 2.00. The predicted molar refractivity (Wildman–Crippen MR) is 89.9 cm³/mol.